The van der Waals surface area contributed by atoms with Crippen molar-refractivity contribution in [1.29, 1.82) is 5.26 Å². The SMILES string of the molecule is COc1ccc(N2C(=O)C(Cc3ccccc3Cl)S/C2=C(/C#N)C(=O)NCc2ccccc2)cc1. The average molecular weight is 504 g/mol. The number of halogens is 1. The van der Waals surface area contributed by atoms with E-state index in [0.29, 0.717) is 27.9 Å². The normalized spacial score (nSPS) is 16.5. The number of nitrogens with one attached hydrogen (secondary N) is 1. The first-order chi connectivity index (χ1) is 17.0. The summed E-state index contributed by atoms with van der Waals surface area (Å²) in [7, 11) is 1.56. The van der Waals surface area contributed by atoms with Crippen molar-refractivity contribution in [2.75, 3.05) is 12.0 Å². The van der Waals surface area contributed by atoms with Crippen molar-refractivity contribution in [3.63, 3.8) is 0 Å². The third kappa shape index (κ3) is 5.51. The summed E-state index contributed by atoms with van der Waals surface area (Å²) in [5, 5.41) is 13.1. The summed E-state index contributed by atoms with van der Waals surface area (Å²) in [4.78, 5) is 28.1. The van der Waals surface area contributed by atoms with Crippen LogP contribution in [0.5, 0.6) is 5.75 Å². The molecule has 1 saturated heterocycles. The summed E-state index contributed by atoms with van der Waals surface area (Å²) in [6.07, 6.45) is 0.365. The lowest BCUT2D eigenvalue weighted by Gasteiger charge is -2.19. The predicted octanol–water partition coefficient (Wildman–Crippen LogP) is 5.09. The molecule has 3 aromatic rings. The first kappa shape index (κ1) is 24.4. The number of thioether (sulfide) groups is 1. The fourth-order valence-corrected chi connectivity index (χ4v) is 5.19. The molecular weight excluding hydrogens is 482 g/mol. The summed E-state index contributed by atoms with van der Waals surface area (Å²) in [5.74, 6) is -0.130. The molecule has 1 heterocycles. The number of hydrogen-bond donors (Lipinski definition) is 1. The van der Waals surface area contributed by atoms with Crippen molar-refractivity contribution in [2.24, 2.45) is 0 Å². The molecule has 0 aromatic heterocycles. The Morgan fingerprint density at radius 2 is 1.77 bits per heavy atom. The maximum absolute atomic E-state index is 13.6. The minimum Gasteiger partial charge on any atom is -0.497 e. The zero-order valence-corrected chi connectivity index (χ0v) is 20.5. The van der Waals surface area contributed by atoms with Gasteiger partial charge in [0.05, 0.1) is 12.4 Å². The second-order valence-corrected chi connectivity index (χ2v) is 9.33. The molecule has 3 aromatic carbocycles. The highest BCUT2D eigenvalue weighted by molar-refractivity contribution is 8.05. The minimum absolute atomic E-state index is 0.114. The zero-order valence-electron chi connectivity index (χ0n) is 18.9. The first-order valence-corrected chi connectivity index (χ1v) is 12.1. The smallest absolute Gasteiger partial charge is 0.264 e. The Hall–Kier alpha value is -3.73. The molecular formula is C27H22ClN3O3S. The molecule has 1 fully saturated rings. The summed E-state index contributed by atoms with van der Waals surface area (Å²) in [5.41, 5.74) is 2.16. The maximum atomic E-state index is 13.6. The Morgan fingerprint density at radius 1 is 1.09 bits per heavy atom. The van der Waals surface area contributed by atoms with Crippen LogP contribution in [0.2, 0.25) is 5.02 Å². The molecule has 6 nitrogen and oxygen atoms in total. The van der Waals surface area contributed by atoms with Crippen LogP contribution in [-0.4, -0.2) is 24.2 Å². The van der Waals surface area contributed by atoms with Gasteiger partial charge in [-0.25, -0.2) is 0 Å². The third-order valence-electron chi connectivity index (χ3n) is 5.50. The van der Waals surface area contributed by atoms with Crippen LogP contribution < -0.4 is 15.0 Å². The van der Waals surface area contributed by atoms with Crippen LogP contribution in [0.1, 0.15) is 11.1 Å². The molecule has 4 rings (SSSR count). The monoisotopic (exact) mass is 503 g/mol. The number of rotatable bonds is 7. The van der Waals surface area contributed by atoms with E-state index in [-0.39, 0.29) is 18.0 Å². The highest BCUT2D eigenvalue weighted by Crippen LogP contribution is 2.42. The number of nitriles is 1. The lowest BCUT2D eigenvalue weighted by Crippen LogP contribution is -2.32. The molecule has 1 unspecified atom stereocenters. The molecule has 0 saturated carbocycles. The van der Waals surface area contributed by atoms with Crippen LogP contribution in [-0.2, 0) is 22.6 Å². The molecule has 1 aliphatic heterocycles. The fraction of sp³-hybridized carbons (Fsp3) is 0.148. The molecule has 0 spiro atoms. The van der Waals surface area contributed by atoms with Crippen molar-refractivity contribution in [3.8, 4) is 11.8 Å². The van der Waals surface area contributed by atoms with Crippen molar-refractivity contribution in [3.05, 3.63) is 106 Å². The average Bonchev–Trinajstić information content (AvgIpc) is 3.20. The van der Waals surface area contributed by atoms with Gasteiger partial charge in [-0.1, -0.05) is 71.9 Å². The van der Waals surface area contributed by atoms with Gasteiger partial charge in [-0.3, -0.25) is 14.5 Å². The molecule has 0 bridgehead atoms. The van der Waals surface area contributed by atoms with Gasteiger partial charge in [-0.15, -0.1) is 0 Å². The number of carbonyl (C=O) groups is 2. The summed E-state index contributed by atoms with van der Waals surface area (Å²) in [6, 6.07) is 25.7. The van der Waals surface area contributed by atoms with E-state index in [9.17, 15) is 14.9 Å². The van der Waals surface area contributed by atoms with Gasteiger partial charge in [0, 0.05) is 17.3 Å². The number of ether oxygens (including phenoxy) is 1. The van der Waals surface area contributed by atoms with E-state index in [4.69, 9.17) is 16.3 Å². The Balaban J connectivity index is 1.68. The number of carbonyl (C=O) groups excluding carboxylic acids is 2. The number of amides is 2. The van der Waals surface area contributed by atoms with Crippen LogP contribution >= 0.6 is 23.4 Å². The topological polar surface area (TPSA) is 82.4 Å². The van der Waals surface area contributed by atoms with E-state index < -0.39 is 11.2 Å². The van der Waals surface area contributed by atoms with E-state index in [1.165, 1.54) is 16.7 Å². The van der Waals surface area contributed by atoms with Crippen LogP contribution in [0.3, 0.4) is 0 Å². The molecule has 2 amide bonds. The Kier molecular flexibility index (Phi) is 7.76. The molecule has 176 valence electrons. The van der Waals surface area contributed by atoms with Crippen molar-refractivity contribution in [1.82, 2.24) is 5.32 Å². The summed E-state index contributed by atoms with van der Waals surface area (Å²) >= 11 is 7.54. The second kappa shape index (κ2) is 11.1. The van der Waals surface area contributed by atoms with Crippen molar-refractivity contribution < 1.29 is 14.3 Å². The Labute approximate surface area is 213 Å². The van der Waals surface area contributed by atoms with Crippen LogP contribution in [0.4, 0.5) is 5.69 Å². The fourth-order valence-electron chi connectivity index (χ4n) is 3.68. The highest BCUT2D eigenvalue weighted by atomic mass is 35.5. The van der Waals surface area contributed by atoms with Crippen LogP contribution in [0, 0.1) is 11.3 Å². The summed E-state index contributed by atoms with van der Waals surface area (Å²) < 4.78 is 5.23. The van der Waals surface area contributed by atoms with E-state index in [1.54, 1.807) is 37.4 Å². The van der Waals surface area contributed by atoms with Crippen LogP contribution in [0.25, 0.3) is 0 Å². The number of methoxy groups -OCH3 is 1. The highest BCUT2D eigenvalue weighted by Gasteiger charge is 2.41. The third-order valence-corrected chi connectivity index (χ3v) is 7.13. The molecule has 1 N–H and O–H groups in total. The Bertz CT molecular complexity index is 1300. The quantitative estimate of drug-likeness (QED) is 0.358. The molecule has 0 aliphatic carbocycles. The van der Waals surface area contributed by atoms with Crippen molar-refractivity contribution >= 4 is 40.9 Å². The summed E-state index contributed by atoms with van der Waals surface area (Å²) in [6.45, 7) is 0.266. The second-order valence-electron chi connectivity index (χ2n) is 7.73. The van der Waals surface area contributed by atoms with Crippen LogP contribution in [0.15, 0.2) is 89.5 Å². The van der Waals surface area contributed by atoms with E-state index in [0.717, 1.165) is 11.1 Å². The number of benzene rings is 3. The molecule has 8 heteroatoms. The number of nitrogens with zero attached hydrogens (tertiary/aromatic N) is 2. The number of anilines is 1. The lowest BCUT2D eigenvalue weighted by molar-refractivity contribution is -0.117. The van der Waals surface area contributed by atoms with Gasteiger partial charge < -0.3 is 10.1 Å². The predicted molar refractivity (Wildman–Crippen MR) is 138 cm³/mol. The van der Waals surface area contributed by atoms with Gasteiger partial charge in [0.15, 0.2) is 0 Å². The van der Waals surface area contributed by atoms with Gasteiger partial charge in [-0.2, -0.15) is 5.26 Å². The van der Waals surface area contributed by atoms with Gasteiger partial charge in [-0.05, 0) is 47.9 Å². The standard InChI is InChI=1S/C27H22ClN3O3S/c1-34-21-13-11-20(12-14-21)31-26(33)24(15-19-9-5-6-10-23(19)28)35-27(31)22(16-29)25(32)30-17-18-7-3-2-4-8-18/h2-14,24H,15,17H2,1H3,(H,30,32)/b27-22-. The molecule has 1 aliphatic rings. The largest absolute Gasteiger partial charge is 0.497 e. The molecule has 1 atom stereocenters. The molecule has 35 heavy (non-hydrogen) atoms. The maximum Gasteiger partial charge on any atom is 0.264 e. The van der Waals surface area contributed by atoms with Gasteiger partial charge in [0.1, 0.15) is 22.4 Å². The van der Waals surface area contributed by atoms with Gasteiger partial charge in [0.2, 0.25) is 5.91 Å². The Morgan fingerprint density at radius 3 is 2.43 bits per heavy atom. The first-order valence-electron chi connectivity index (χ1n) is 10.9. The molecule has 0 radical (unpaired) electrons. The van der Waals surface area contributed by atoms with Crippen molar-refractivity contribution in [2.45, 2.75) is 18.2 Å². The zero-order chi connectivity index (χ0) is 24.8. The number of hydrogen-bond acceptors (Lipinski definition) is 5. The van der Waals surface area contributed by atoms with E-state index in [1.807, 2.05) is 54.6 Å². The minimum atomic E-state index is -0.544. The van der Waals surface area contributed by atoms with Gasteiger partial charge in [0.25, 0.3) is 5.91 Å². The van der Waals surface area contributed by atoms with Gasteiger partial charge >= 0.3 is 0 Å². The lowest BCUT2D eigenvalue weighted by atomic mass is 10.1. The van der Waals surface area contributed by atoms with E-state index >= 15 is 0 Å². The van der Waals surface area contributed by atoms with E-state index in [2.05, 4.69) is 5.32 Å².